The van der Waals surface area contributed by atoms with Gasteiger partial charge in [-0.05, 0) is 45.0 Å². The molecule has 0 radical (unpaired) electrons. The number of nitrogens with one attached hydrogen (secondary N) is 2. The molecule has 4 N–H and O–H groups in total. The van der Waals surface area contributed by atoms with Crippen molar-refractivity contribution in [3.05, 3.63) is 22.9 Å². The number of carbonyl (C=O) groups excluding carboxylic acids is 1. The first kappa shape index (κ1) is 14.4. The van der Waals surface area contributed by atoms with Gasteiger partial charge in [-0.25, -0.2) is 4.98 Å². The highest BCUT2D eigenvalue weighted by Crippen LogP contribution is 2.17. The van der Waals surface area contributed by atoms with Crippen LogP contribution in [0.1, 0.15) is 35.0 Å². The van der Waals surface area contributed by atoms with Gasteiger partial charge < -0.3 is 16.4 Å². The second-order valence-electron chi connectivity index (χ2n) is 4.30. The van der Waals surface area contributed by atoms with Gasteiger partial charge in [-0.15, -0.1) is 0 Å². The minimum atomic E-state index is -0.436. The van der Waals surface area contributed by atoms with Crippen LogP contribution >= 0.6 is 0 Å². The van der Waals surface area contributed by atoms with Crippen LogP contribution in [0.15, 0.2) is 6.07 Å². The highest BCUT2D eigenvalue weighted by atomic mass is 16.1. The van der Waals surface area contributed by atoms with Gasteiger partial charge in [0, 0.05) is 12.2 Å². The number of aromatic nitrogens is 1. The summed E-state index contributed by atoms with van der Waals surface area (Å²) in [6.45, 7) is 8.53. The van der Waals surface area contributed by atoms with E-state index in [1.807, 2.05) is 19.9 Å². The Bertz CT molecular complexity index is 418. The van der Waals surface area contributed by atoms with E-state index in [0.717, 1.165) is 37.3 Å². The van der Waals surface area contributed by atoms with Gasteiger partial charge in [-0.3, -0.25) is 4.79 Å². The smallest absolute Gasteiger partial charge is 0.252 e. The molecule has 5 heteroatoms. The summed E-state index contributed by atoms with van der Waals surface area (Å²) >= 11 is 0. The standard InChI is InChI=1S/C13H22N4O/c1-4-15-6-5-7-16-13-11(12(14)18)9(2)8-10(3)17-13/h8,15H,4-7H2,1-3H3,(H2,14,18)(H,16,17). The summed E-state index contributed by atoms with van der Waals surface area (Å²) in [5.74, 6) is 0.158. The summed E-state index contributed by atoms with van der Waals surface area (Å²) in [4.78, 5) is 15.8. The molecule has 1 heterocycles. The summed E-state index contributed by atoms with van der Waals surface area (Å²) in [5.41, 5.74) is 7.62. The lowest BCUT2D eigenvalue weighted by Gasteiger charge is -2.12. The molecule has 1 aromatic rings. The molecular formula is C13H22N4O. The molecule has 1 aromatic heterocycles. The topological polar surface area (TPSA) is 80.0 Å². The quantitative estimate of drug-likeness (QED) is 0.635. The highest BCUT2D eigenvalue weighted by Gasteiger charge is 2.13. The molecule has 18 heavy (non-hydrogen) atoms. The summed E-state index contributed by atoms with van der Waals surface area (Å²) in [5, 5.41) is 6.43. The Labute approximate surface area is 108 Å². The van der Waals surface area contributed by atoms with Crippen molar-refractivity contribution in [2.75, 3.05) is 25.0 Å². The van der Waals surface area contributed by atoms with E-state index in [-0.39, 0.29) is 0 Å². The lowest BCUT2D eigenvalue weighted by molar-refractivity contribution is 0.1000. The zero-order chi connectivity index (χ0) is 13.5. The van der Waals surface area contributed by atoms with Gasteiger partial charge in [0.05, 0.1) is 5.56 Å². The maximum absolute atomic E-state index is 11.4. The van der Waals surface area contributed by atoms with Gasteiger partial charge in [0.15, 0.2) is 0 Å². The number of nitrogens with zero attached hydrogens (tertiary/aromatic N) is 1. The molecule has 0 saturated carbocycles. The minimum Gasteiger partial charge on any atom is -0.369 e. The fraction of sp³-hybridized carbons (Fsp3) is 0.538. The number of hydrogen-bond donors (Lipinski definition) is 3. The van der Waals surface area contributed by atoms with E-state index >= 15 is 0 Å². The normalized spacial score (nSPS) is 10.4. The highest BCUT2D eigenvalue weighted by molar-refractivity contribution is 5.99. The molecular weight excluding hydrogens is 228 g/mol. The molecule has 0 atom stereocenters. The number of rotatable bonds is 7. The lowest BCUT2D eigenvalue weighted by atomic mass is 10.1. The molecule has 1 rings (SSSR count). The van der Waals surface area contributed by atoms with E-state index < -0.39 is 5.91 Å². The van der Waals surface area contributed by atoms with Crippen LogP contribution in [0.5, 0.6) is 0 Å². The molecule has 1 amide bonds. The number of nitrogens with two attached hydrogens (primary N) is 1. The molecule has 0 aliphatic heterocycles. The monoisotopic (exact) mass is 250 g/mol. The van der Waals surface area contributed by atoms with Crippen molar-refractivity contribution in [1.29, 1.82) is 0 Å². The van der Waals surface area contributed by atoms with Gasteiger partial charge in [0.25, 0.3) is 5.91 Å². The Morgan fingerprint density at radius 3 is 2.72 bits per heavy atom. The Balaban J connectivity index is 2.71. The molecule has 0 aliphatic carbocycles. The SMILES string of the molecule is CCNCCCNc1nc(C)cc(C)c1C(N)=O. The van der Waals surface area contributed by atoms with E-state index in [1.54, 1.807) is 0 Å². The average molecular weight is 250 g/mol. The van der Waals surface area contributed by atoms with Crippen LogP contribution in [0, 0.1) is 13.8 Å². The Kier molecular flexibility index (Phi) is 5.58. The van der Waals surface area contributed by atoms with Crippen LogP contribution in [0.4, 0.5) is 5.82 Å². The first-order valence-electron chi connectivity index (χ1n) is 6.29. The van der Waals surface area contributed by atoms with Crippen molar-refractivity contribution in [3.63, 3.8) is 0 Å². The number of anilines is 1. The van der Waals surface area contributed by atoms with Crippen molar-refractivity contribution in [2.45, 2.75) is 27.2 Å². The average Bonchev–Trinajstić information content (AvgIpc) is 2.27. The van der Waals surface area contributed by atoms with Crippen molar-refractivity contribution in [2.24, 2.45) is 5.73 Å². The van der Waals surface area contributed by atoms with Gasteiger partial charge >= 0.3 is 0 Å². The van der Waals surface area contributed by atoms with E-state index in [4.69, 9.17) is 5.73 Å². The molecule has 0 bridgehead atoms. The molecule has 5 nitrogen and oxygen atoms in total. The zero-order valence-electron chi connectivity index (χ0n) is 11.3. The van der Waals surface area contributed by atoms with E-state index in [9.17, 15) is 4.79 Å². The second-order valence-corrected chi connectivity index (χ2v) is 4.30. The molecule has 100 valence electrons. The van der Waals surface area contributed by atoms with E-state index in [1.165, 1.54) is 0 Å². The Morgan fingerprint density at radius 1 is 1.39 bits per heavy atom. The van der Waals surface area contributed by atoms with Crippen LogP contribution in [0.25, 0.3) is 0 Å². The van der Waals surface area contributed by atoms with Crippen LogP contribution in [0.3, 0.4) is 0 Å². The summed E-state index contributed by atoms with van der Waals surface area (Å²) in [6.07, 6.45) is 0.973. The predicted molar refractivity (Wildman–Crippen MR) is 73.9 cm³/mol. The number of hydrogen-bond acceptors (Lipinski definition) is 4. The van der Waals surface area contributed by atoms with Gasteiger partial charge in [0.2, 0.25) is 0 Å². The number of carbonyl (C=O) groups is 1. The maximum atomic E-state index is 11.4. The molecule has 0 aromatic carbocycles. The van der Waals surface area contributed by atoms with Crippen molar-refractivity contribution in [1.82, 2.24) is 10.3 Å². The van der Waals surface area contributed by atoms with Crippen molar-refractivity contribution < 1.29 is 4.79 Å². The van der Waals surface area contributed by atoms with Gasteiger partial charge in [-0.2, -0.15) is 0 Å². The largest absolute Gasteiger partial charge is 0.369 e. The van der Waals surface area contributed by atoms with Crippen LogP contribution in [-0.4, -0.2) is 30.5 Å². The van der Waals surface area contributed by atoms with Crippen molar-refractivity contribution in [3.8, 4) is 0 Å². The Morgan fingerprint density at radius 2 is 2.11 bits per heavy atom. The second kappa shape index (κ2) is 6.96. The number of primary amides is 1. The van der Waals surface area contributed by atoms with Crippen molar-refractivity contribution >= 4 is 11.7 Å². The predicted octanol–water partition coefficient (Wildman–Crippen LogP) is 1.21. The first-order chi connectivity index (χ1) is 8.56. The van der Waals surface area contributed by atoms with E-state index in [2.05, 4.69) is 22.5 Å². The first-order valence-corrected chi connectivity index (χ1v) is 6.29. The zero-order valence-corrected chi connectivity index (χ0v) is 11.3. The van der Waals surface area contributed by atoms with Crippen LogP contribution in [-0.2, 0) is 0 Å². The third-order valence-corrected chi connectivity index (χ3v) is 2.66. The fourth-order valence-corrected chi connectivity index (χ4v) is 1.87. The summed E-state index contributed by atoms with van der Waals surface area (Å²) < 4.78 is 0. The molecule has 0 fully saturated rings. The molecule has 0 saturated heterocycles. The summed E-state index contributed by atoms with van der Waals surface area (Å²) in [6, 6.07) is 1.86. The number of amides is 1. The third kappa shape index (κ3) is 4.00. The number of aryl methyl sites for hydroxylation is 2. The molecule has 0 aliphatic rings. The number of pyridine rings is 1. The maximum Gasteiger partial charge on any atom is 0.252 e. The van der Waals surface area contributed by atoms with Gasteiger partial charge in [-0.1, -0.05) is 6.92 Å². The van der Waals surface area contributed by atoms with Crippen LogP contribution in [0.2, 0.25) is 0 Å². The third-order valence-electron chi connectivity index (χ3n) is 2.66. The fourth-order valence-electron chi connectivity index (χ4n) is 1.87. The Hall–Kier alpha value is -1.62. The lowest BCUT2D eigenvalue weighted by Crippen LogP contribution is -2.20. The molecule has 0 spiro atoms. The van der Waals surface area contributed by atoms with Crippen LogP contribution < -0.4 is 16.4 Å². The van der Waals surface area contributed by atoms with E-state index in [0.29, 0.717) is 11.4 Å². The summed E-state index contributed by atoms with van der Waals surface area (Å²) in [7, 11) is 0. The molecule has 0 unspecified atom stereocenters. The van der Waals surface area contributed by atoms with Gasteiger partial charge in [0.1, 0.15) is 5.82 Å². The minimum absolute atomic E-state index is 0.436.